The van der Waals surface area contributed by atoms with Crippen molar-refractivity contribution in [3.05, 3.63) is 77.4 Å². The van der Waals surface area contributed by atoms with E-state index in [-0.39, 0.29) is 11.5 Å². The van der Waals surface area contributed by atoms with Gasteiger partial charge in [0, 0.05) is 30.1 Å². The van der Waals surface area contributed by atoms with Crippen molar-refractivity contribution in [1.29, 1.82) is 0 Å². The maximum Gasteiger partial charge on any atom is 0.225 e. The van der Waals surface area contributed by atoms with Crippen LogP contribution in [0.5, 0.6) is 0 Å². The highest BCUT2D eigenvalue weighted by Crippen LogP contribution is 2.32. The molecule has 10 heteroatoms. The fraction of sp³-hybridized carbons (Fsp3) is 0.370. The van der Waals surface area contributed by atoms with Crippen molar-refractivity contribution in [3.8, 4) is 0 Å². The predicted octanol–water partition coefficient (Wildman–Crippen LogP) is 4.73. The molecule has 2 heterocycles. The van der Waals surface area contributed by atoms with E-state index < -0.39 is 16.8 Å². The second-order valence-electron chi connectivity index (χ2n) is 10.3. The summed E-state index contributed by atoms with van der Waals surface area (Å²) in [4.78, 5) is 17.1. The van der Waals surface area contributed by atoms with Crippen molar-refractivity contribution in [2.45, 2.75) is 50.5 Å². The molecule has 1 aliphatic heterocycles. The smallest absolute Gasteiger partial charge is 0.225 e. The van der Waals surface area contributed by atoms with Gasteiger partial charge in [0.2, 0.25) is 5.95 Å². The minimum atomic E-state index is -1.53. The van der Waals surface area contributed by atoms with Gasteiger partial charge in [0.15, 0.2) is 22.6 Å². The molecule has 3 aromatic rings. The van der Waals surface area contributed by atoms with Gasteiger partial charge in [-0.15, -0.1) is 17.7 Å². The van der Waals surface area contributed by atoms with Crippen LogP contribution in [0, 0.1) is 25.1 Å². The molecular weight excluding hydrogens is 507 g/mol. The Morgan fingerprint density at radius 2 is 1.78 bits per heavy atom. The van der Waals surface area contributed by atoms with Crippen molar-refractivity contribution in [1.82, 2.24) is 19.7 Å². The number of aryl methyl sites for hydroxylation is 2. The lowest BCUT2D eigenvalue weighted by Crippen LogP contribution is -2.60. The Morgan fingerprint density at radius 3 is 2.41 bits per heavy atom. The van der Waals surface area contributed by atoms with Crippen LogP contribution in [0.3, 0.4) is 0 Å². The summed E-state index contributed by atoms with van der Waals surface area (Å²) in [5.41, 5.74) is 2.85. The third-order valence-corrected chi connectivity index (χ3v) is 7.82. The van der Waals surface area contributed by atoms with E-state index in [1.165, 1.54) is 12.4 Å². The van der Waals surface area contributed by atoms with Crippen molar-refractivity contribution < 1.29 is 8.60 Å². The molecule has 0 amide bonds. The molecule has 2 atom stereocenters. The molecule has 37 heavy (non-hydrogen) atoms. The van der Waals surface area contributed by atoms with Crippen molar-refractivity contribution in [3.63, 3.8) is 0 Å². The molecule has 2 unspecified atom stereocenters. The summed E-state index contributed by atoms with van der Waals surface area (Å²) in [5.74, 6) is 0.721. The van der Waals surface area contributed by atoms with E-state index >= 15 is 0 Å². The third-order valence-electron chi connectivity index (χ3n) is 6.49. The molecular formula is C27H33FN6OS2. The predicted molar refractivity (Wildman–Crippen MR) is 150 cm³/mol. The number of thiol groups is 1. The maximum absolute atomic E-state index is 13.4. The molecule has 1 N–H and O–H groups in total. The van der Waals surface area contributed by atoms with Crippen LogP contribution in [-0.2, 0) is 11.0 Å². The number of anilines is 1. The van der Waals surface area contributed by atoms with Gasteiger partial charge in [0.25, 0.3) is 0 Å². The zero-order valence-electron chi connectivity index (χ0n) is 21.8. The van der Waals surface area contributed by atoms with Gasteiger partial charge in [-0.1, -0.05) is 50.6 Å². The lowest BCUT2D eigenvalue weighted by Gasteiger charge is -2.48. The van der Waals surface area contributed by atoms with E-state index in [4.69, 9.17) is 17.7 Å². The van der Waals surface area contributed by atoms with Gasteiger partial charge >= 0.3 is 0 Å². The topological polar surface area (TPSA) is 73.7 Å². The van der Waals surface area contributed by atoms with Gasteiger partial charge < -0.3 is 9.80 Å². The summed E-state index contributed by atoms with van der Waals surface area (Å²) in [6, 6.07) is 13.5. The summed E-state index contributed by atoms with van der Waals surface area (Å²) in [7, 11) is -1.53. The van der Waals surface area contributed by atoms with Crippen molar-refractivity contribution >= 4 is 35.4 Å². The second-order valence-corrected chi connectivity index (χ2v) is 12.0. The molecule has 0 radical (unpaired) electrons. The highest BCUT2D eigenvalue weighted by Gasteiger charge is 2.39. The van der Waals surface area contributed by atoms with Crippen LogP contribution in [0.25, 0.3) is 0 Å². The van der Waals surface area contributed by atoms with Crippen LogP contribution in [0.15, 0.2) is 69.8 Å². The molecule has 1 aliphatic rings. The second kappa shape index (κ2) is 11.2. The molecule has 2 aromatic carbocycles. The first-order chi connectivity index (χ1) is 17.5. The number of nitrogens with zero attached hydrogens (tertiary/aromatic N) is 5. The Labute approximate surface area is 226 Å². The minimum Gasteiger partial charge on any atom is -0.348 e. The SMILES string of the molecule is Cc1ccc(S(=O)N/N=C(\c2c(C)cccc2S)N2CCN(c3ncc(F)cn3)CC2C(C)(C)C)cc1. The maximum atomic E-state index is 13.4. The molecule has 196 valence electrons. The number of amidine groups is 1. The number of halogens is 1. The Balaban J connectivity index is 1.72. The van der Waals surface area contributed by atoms with E-state index in [0.717, 1.165) is 21.6 Å². The molecule has 0 spiro atoms. The number of hydrogen-bond donors (Lipinski definition) is 2. The third kappa shape index (κ3) is 6.30. The molecule has 1 fully saturated rings. The summed E-state index contributed by atoms with van der Waals surface area (Å²) in [6.07, 6.45) is 2.39. The van der Waals surface area contributed by atoms with Gasteiger partial charge in [-0.3, -0.25) is 0 Å². The number of piperazine rings is 1. The van der Waals surface area contributed by atoms with E-state index in [9.17, 15) is 8.60 Å². The summed E-state index contributed by atoms with van der Waals surface area (Å²) >= 11 is 4.76. The van der Waals surface area contributed by atoms with Gasteiger partial charge in [-0.05, 0) is 43.0 Å². The highest BCUT2D eigenvalue weighted by atomic mass is 32.2. The van der Waals surface area contributed by atoms with Crippen molar-refractivity contribution in [2.75, 3.05) is 24.5 Å². The van der Waals surface area contributed by atoms with Crippen LogP contribution in [-0.4, -0.2) is 50.6 Å². The first-order valence-corrected chi connectivity index (χ1v) is 13.7. The highest BCUT2D eigenvalue weighted by molar-refractivity contribution is 7.83. The molecule has 1 saturated heterocycles. The molecule has 1 aromatic heterocycles. The average Bonchev–Trinajstić information content (AvgIpc) is 2.86. The van der Waals surface area contributed by atoms with Crippen LogP contribution >= 0.6 is 12.6 Å². The average molecular weight is 541 g/mol. The molecule has 7 nitrogen and oxygen atoms in total. The fourth-order valence-corrected chi connectivity index (χ4v) is 5.45. The van der Waals surface area contributed by atoms with Crippen LogP contribution in [0.2, 0.25) is 0 Å². The Morgan fingerprint density at radius 1 is 1.11 bits per heavy atom. The normalized spacial score (nSPS) is 17.6. The Hall–Kier alpha value is -2.98. The van der Waals surface area contributed by atoms with Crippen molar-refractivity contribution in [2.24, 2.45) is 10.5 Å². The first-order valence-electron chi connectivity index (χ1n) is 12.1. The lowest BCUT2D eigenvalue weighted by atomic mass is 9.83. The zero-order chi connectivity index (χ0) is 26.7. The van der Waals surface area contributed by atoms with Gasteiger partial charge in [-0.25, -0.2) is 23.4 Å². The monoisotopic (exact) mass is 540 g/mol. The van der Waals surface area contributed by atoms with Crippen LogP contribution in [0.4, 0.5) is 10.3 Å². The van der Waals surface area contributed by atoms with Crippen LogP contribution < -0.4 is 9.73 Å². The minimum absolute atomic E-state index is 0.00407. The van der Waals surface area contributed by atoms with E-state index in [1.807, 2.05) is 56.3 Å². The number of nitrogens with one attached hydrogen (secondary N) is 1. The zero-order valence-corrected chi connectivity index (χ0v) is 23.5. The van der Waals surface area contributed by atoms with E-state index in [0.29, 0.717) is 36.3 Å². The van der Waals surface area contributed by atoms with Gasteiger partial charge in [-0.2, -0.15) is 0 Å². The summed E-state index contributed by atoms with van der Waals surface area (Å²) in [5, 5.41) is 4.76. The molecule has 0 bridgehead atoms. The number of rotatable bonds is 5. The summed E-state index contributed by atoms with van der Waals surface area (Å²) < 4.78 is 26.5. The summed E-state index contributed by atoms with van der Waals surface area (Å²) in [6.45, 7) is 12.4. The number of hydrazone groups is 1. The lowest BCUT2D eigenvalue weighted by molar-refractivity contribution is 0.151. The Bertz CT molecular complexity index is 1270. The van der Waals surface area contributed by atoms with Gasteiger partial charge in [0.1, 0.15) is 0 Å². The first kappa shape index (κ1) is 27.1. The molecule has 0 saturated carbocycles. The largest absolute Gasteiger partial charge is 0.348 e. The van der Waals surface area contributed by atoms with E-state index in [2.05, 4.69) is 45.4 Å². The number of benzene rings is 2. The quantitative estimate of drug-likeness (QED) is 0.212. The molecule has 4 rings (SSSR count). The standard InChI is InChI=1S/C27H33FN6OS2/c1-18-9-11-21(12-10-18)37(35)32-31-25(24-19(2)7-6-8-22(24)36)34-14-13-33(17-23(34)27(3,4)5)26-29-15-20(28)16-30-26/h6-12,15-16,23,32,36H,13-14,17H2,1-5H3/b31-25+. The van der Waals surface area contributed by atoms with Crippen LogP contribution in [0.1, 0.15) is 37.5 Å². The van der Waals surface area contributed by atoms with E-state index in [1.54, 1.807) is 0 Å². The fourth-order valence-electron chi connectivity index (χ4n) is 4.43. The number of hydrogen-bond acceptors (Lipinski definition) is 6. The van der Waals surface area contributed by atoms with Gasteiger partial charge in [0.05, 0.1) is 23.3 Å². The Kier molecular flexibility index (Phi) is 8.18. The number of aromatic nitrogens is 2. The molecule has 0 aliphatic carbocycles.